The van der Waals surface area contributed by atoms with E-state index >= 15 is 0 Å². The number of imide groups is 1. The van der Waals surface area contributed by atoms with Crippen molar-refractivity contribution < 1.29 is 23.9 Å². The first-order valence-corrected chi connectivity index (χ1v) is 11.3. The monoisotopic (exact) mass is 469 g/mol. The highest BCUT2D eigenvalue weighted by Gasteiger charge is 2.52. The molecule has 0 unspecified atom stereocenters. The lowest BCUT2D eigenvalue weighted by Crippen LogP contribution is -2.52. The van der Waals surface area contributed by atoms with Crippen molar-refractivity contribution in [2.75, 3.05) is 6.61 Å². The highest BCUT2D eigenvalue weighted by molar-refractivity contribution is 6.08. The van der Waals surface area contributed by atoms with Crippen LogP contribution >= 0.6 is 0 Å². The van der Waals surface area contributed by atoms with Gasteiger partial charge in [0.15, 0.2) is 12.3 Å². The summed E-state index contributed by atoms with van der Waals surface area (Å²) in [5, 5.41) is 8.09. The Morgan fingerprint density at radius 3 is 2.47 bits per heavy atom. The molecule has 1 saturated carbocycles. The van der Waals surface area contributed by atoms with E-state index in [-0.39, 0.29) is 17.3 Å². The quantitative estimate of drug-likeness (QED) is 0.501. The van der Waals surface area contributed by atoms with E-state index in [4.69, 9.17) is 4.74 Å². The number of benzene rings is 1. The predicted octanol–water partition coefficient (Wildman–Crippen LogP) is 1.67. The Kier molecular flexibility index (Phi) is 6.11. The minimum atomic E-state index is -0.999. The van der Waals surface area contributed by atoms with E-state index < -0.39 is 36.0 Å². The molecule has 11 nitrogen and oxygen atoms in total. The van der Waals surface area contributed by atoms with Crippen LogP contribution in [0.4, 0.5) is 4.79 Å². The van der Waals surface area contributed by atoms with Gasteiger partial charge in [-0.2, -0.15) is 10.1 Å². The number of fused-ring (bicyclic) bond motifs is 1. The zero-order valence-corrected chi connectivity index (χ0v) is 19.3. The van der Waals surface area contributed by atoms with Crippen LogP contribution in [0.15, 0.2) is 29.1 Å². The molecule has 34 heavy (non-hydrogen) atoms. The molecule has 2 aliphatic rings. The van der Waals surface area contributed by atoms with Crippen molar-refractivity contribution in [3.8, 4) is 0 Å². The van der Waals surface area contributed by atoms with Gasteiger partial charge in [-0.15, -0.1) is 0 Å². The first-order chi connectivity index (χ1) is 16.1. The zero-order chi connectivity index (χ0) is 24.6. The van der Waals surface area contributed by atoms with Crippen LogP contribution < -0.4 is 16.3 Å². The Labute approximate surface area is 195 Å². The second kappa shape index (κ2) is 8.88. The van der Waals surface area contributed by atoms with Gasteiger partial charge in [0.05, 0.1) is 11.4 Å². The summed E-state index contributed by atoms with van der Waals surface area (Å²) in [5.41, 5.74) is 0.772. The molecule has 11 heteroatoms. The minimum Gasteiger partial charge on any atom is -0.451 e. The smallest absolute Gasteiger partial charge is 0.359 e. The predicted molar refractivity (Wildman–Crippen MR) is 121 cm³/mol. The number of carbonyl (C=O) groups excluding carboxylic acids is 4. The molecule has 2 heterocycles. The molecule has 1 saturated heterocycles. The Morgan fingerprint density at radius 2 is 1.82 bits per heavy atom. The Balaban J connectivity index is 1.45. The van der Waals surface area contributed by atoms with Gasteiger partial charge >= 0.3 is 12.0 Å². The molecular weight excluding hydrogens is 442 g/mol. The molecule has 1 aliphatic heterocycles. The van der Waals surface area contributed by atoms with Crippen LogP contribution in [0.3, 0.4) is 0 Å². The lowest BCUT2D eigenvalue weighted by molar-refractivity contribution is -0.141. The Hall–Kier alpha value is -3.76. The van der Waals surface area contributed by atoms with Crippen LogP contribution in [0.2, 0.25) is 0 Å². The number of amides is 4. The molecule has 2 aromatic rings. The second-order valence-corrected chi connectivity index (χ2v) is 9.18. The first kappa shape index (κ1) is 23.4. The molecule has 0 atom stereocenters. The van der Waals surface area contributed by atoms with Crippen LogP contribution in [0.25, 0.3) is 10.8 Å². The van der Waals surface area contributed by atoms with Gasteiger partial charge in [0.2, 0.25) is 0 Å². The van der Waals surface area contributed by atoms with Crippen LogP contribution in [-0.2, 0) is 14.3 Å². The fourth-order valence-corrected chi connectivity index (χ4v) is 4.38. The van der Waals surface area contributed by atoms with Gasteiger partial charge in [0.25, 0.3) is 17.4 Å². The van der Waals surface area contributed by atoms with Crippen LogP contribution in [0.1, 0.15) is 63.0 Å². The van der Waals surface area contributed by atoms with Crippen LogP contribution in [0, 0.1) is 5.92 Å². The molecule has 0 bridgehead atoms. The van der Waals surface area contributed by atoms with Crippen LogP contribution in [-0.4, -0.2) is 50.7 Å². The SMILES string of the molecule is CC1CCC2(CC1)NC(=O)N(NC(=O)COC(=O)c1nn(C(C)C)c(=O)c3ccccc13)C2=O. The van der Waals surface area contributed by atoms with Crippen molar-refractivity contribution >= 4 is 34.6 Å². The van der Waals surface area contributed by atoms with Gasteiger partial charge in [-0.05, 0) is 51.5 Å². The van der Waals surface area contributed by atoms with E-state index in [1.165, 1.54) is 4.68 Å². The lowest BCUT2D eigenvalue weighted by atomic mass is 9.77. The number of ether oxygens (including phenoxy) is 1. The van der Waals surface area contributed by atoms with Crippen molar-refractivity contribution in [3.63, 3.8) is 0 Å². The number of rotatable bonds is 5. The molecule has 4 amide bonds. The molecule has 1 aromatic carbocycles. The number of hydrogen-bond acceptors (Lipinski definition) is 7. The van der Waals surface area contributed by atoms with E-state index in [2.05, 4.69) is 22.8 Å². The summed E-state index contributed by atoms with van der Waals surface area (Å²) >= 11 is 0. The molecule has 1 aliphatic carbocycles. The Morgan fingerprint density at radius 1 is 1.18 bits per heavy atom. The lowest BCUT2D eigenvalue weighted by Gasteiger charge is -2.33. The van der Waals surface area contributed by atoms with Gasteiger partial charge in [0, 0.05) is 5.39 Å². The summed E-state index contributed by atoms with van der Waals surface area (Å²) in [4.78, 5) is 63.0. The molecule has 4 rings (SSSR count). The van der Waals surface area contributed by atoms with Crippen molar-refractivity contribution in [2.45, 2.75) is 58.0 Å². The van der Waals surface area contributed by atoms with Crippen molar-refractivity contribution in [3.05, 3.63) is 40.3 Å². The first-order valence-electron chi connectivity index (χ1n) is 11.3. The van der Waals surface area contributed by atoms with Crippen molar-refractivity contribution in [1.29, 1.82) is 0 Å². The largest absolute Gasteiger partial charge is 0.451 e. The number of nitrogens with zero attached hydrogens (tertiary/aromatic N) is 3. The van der Waals surface area contributed by atoms with E-state index in [1.54, 1.807) is 38.1 Å². The maximum atomic E-state index is 12.9. The summed E-state index contributed by atoms with van der Waals surface area (Å²) in [6, 6.07) is 5.47. The van der Waals surface area contributed by atoms with Crippen LogP contribution in [0.5, 0.6) is 0 Å². The maximum absolute atomic E-state index is 12.9. The number of esters is 1. The fourth-order valence-electron chi connectivity index (χ4n) is 4.38. The third kappa shape index (κ3) is 4.13. The molecule has 0 radical (unpaired) electrons. The summed E-state index contributed by atoms with van der Waals surface area (Å²) in [7, 11) is 0. The number of hydrazine groups is 1. The van der Waals surface area contributed by atoms with Gasteiger partial charge < -0.3 is 10.1 Å². The average Bonchev–Trinajstić information content (AvgIpc) is 3.03. The van der Waals surface area contributed by atoms with Gasteiger partial charge in [-0.3, -0.25) is 19.8 Å². The number of nitrogens with one attached hydrogen (secondary N) is 2. The standard InChI is InChI=1S/C23H27N5O6/c1-13(2)27-19(30)16-7-5-4-6-15(16)18(26-27)20(31)34-12-17(29)25-28-21(32)23(24-22(28)33)10-8-14(3)9-11-23/h4-7,13-14H,8-12H2,1-3H3,(H,24,33)(H,25,29). The molecule has 1 aromatic heterocycles. The number of carbonyl (C=O) groups is 4. The fraction of sp³-hybridized carbons (Fsp3) is 0.478. The number of aromatic nitrogens is 2. The topological polar surface area (TPSA) is 140 Å². The van der Waals surface area contributed by atoms with Gasteiger partial charge in [-0.25, -0.2) is 14.3 Å². The second-order valence-electron chi connectivity index (χ2n) is 9.18. The summed E-state index contributed by atoms with van der Waals surface area (Å²) in [5.74, 6) is -1.80. The highest BCUT2D eigenvalue weighted by atomic mass is 16.5. The molecular formula is C23H27N5O6. The molecule has 180 valence electrons. The Bertz CT molecular complexity index is 1230. The normalized spacial score (nSPS) is 22.4. The van der Waals surface area contributed by atoms with Crippen molar-refractivity contribution in [1.82, 2.24) is 25.5 Å². The average molecular weight is 469 g/mol. The third-order valence-electron chi connectivity index (χ3n) is 6.37. The van der Waals surface area contributed by atoms with Gasteiger partial charge in [0.1, 0.15) is 5.54 Å². The molecule has 2 N–H and O–H groups in total. The van der Waals surface area contributed by atoms with E-state index in [1.807, 2.05) is 0 Å². The van der Waals surface area contributed by atoms with E-state index in [0.29, 0.717) is 34.5 Å². The summed E-state index contributed by atoms with van der Waals surface area (Å²) in [6.07, 6.45) is 2.60. The van der Waals surface area contributed by atoms with Gasteiger partial charge in [-0.1, -0.05) is 25.1 Å². The molecule has 2 fully saturated rings. The maximum Gasteiger partial charge on any atom is 0.359 e. The number of urea groups is 1. The van der Waals surface area contributed by atoms with E-state index in [9.17, 15) is 24.0 Å². The highest BCUT2D eigenvalue weighted by Crippen LogP contribution is 2.35. The minimum absolute atomic E-state index is 0.109. The molecule has 1 spiro atoms. The van der Waals surface area contributed by atoms with E-state index in [0.717, 1.165) is 12.8 Å². The summed E-state index contributed by atoms with van der Waals surface area (Å²) in [6.45, 7) is 4.86. The third-order valence-corrected chi connectivity index (χ3v) is 6.37. The van der Waals surface area contributed by atoms with Crippen molar-refractivity contribution in [2.24, 2.45) is 5.92 Å². The zero-order valence-electron chi connectivity index (χ0n) is 19.3. The summed E-state index contributed by atoms with van der Waals surface area (Å²) < 4.78 is 6.28. The number of hydrogen-bond donors (Lipinski definition) is 2.